The van der Waals surface area contributed by atoms with Crippen molar-refractivity contribution in [3.05, 3.63) is 112 Å². The number of pyridine rings is 1. The average molecular weight is 380 g/mol. The number of benzene rings is 3. The number of aliphatic hydroxyl groups excluding tert-OH is 1. The fourth-order valence-corrected chi connectivity index (χ4v) is 4.49. The van der Waals surface area contributed by atoms with Crippen LogP contribution in [0.1, 0.15) is 45.2 Å². The van der Waals surface area contributed by atoms with Crippen LogP contribution in [0.15, 0.2) is 72.8 Å². The van der Waals surface area contributed by atoms with Crippen LogP contribution in [0, 0.1) is 6.92 Å². The van der Waals surface area contributed by atoms with Gasteiger partial charge in [0.15, 0.2) is 0 Å². The third-order valence-electron chi connectivity index (χ3n) is 6.13. The van der Waals surface area contributed by atoms with E-state index in [-0.39, 0.29) is 0 Å². The molecule has 0 saturated heterocycles. The first kappa shape index (κ1) is 18.1. The number of hydrogen-bond donors (Lipinski definition) is 1. The Kier molecular flexibility index (Phi) is 4.65. The Labute approximate surface area is 171 Å². The molecule has 4 aliphatic rings. The van der Waals surface area contributed by atoms with Gasteiger partial charge in [-0.05, 0) is 72.1 Å². The zero-order chi connectivity index (χ0) is 19.8. The van der Waals surface area contributed by atoms with Crippen molar-refractivity contribution in [1.29, 1.82) is 0 Å². The minimum Gasteiger partial charge on any atom is -0.382 e. The molecule has 2 heteroatoms. The quantitative estimate of drug-likeness (QED) is 0.498. The minimum atomic E-state index is -0.707. The molecular formula is C27H25NO. The Balaban J connectivity index is 1.66. The second-order valence-electron chi connectivity index (χ2n) is 8.10. The van der Waals surface area contributed by atoms with E-state index < -0.39 is 6.10 Å². The van der Waals surface area contributed by atoms with Gasteiger partial charge in [-0.1, -0.05) is 66.7 Å². The summed E-state index contributed by atoms with van der Waals surface area (Å²) in [7, 11) is 0. The lowest BCUT2D eigenvalue weighted by Gasteiger charge is -2.18. The molecule has 8 rings (SSSR count). The Hall–Kier alpha value is -2.97. The summed E-state index contributed by atoms with van der Waals surface area (Å²) in [4.78, 5) is 5.01. The number of nitrogens with zero attached hydrogens (tertiary/aromatic N) is 1. The highest BCUT2D eigenvalue weighted by Gasteiger charge is 2.17. The van der Waals surface area contributed by atoms with Gasteiger partial charge in [0.2, 0.25) is 0 Å². The highest BCUT2D eigenvalue weighted by atomic mass is 16.3. The Morgan fingerprint density at radius 3 is 2.07 bits per heavy atom. The molecule has 0 unspecified atom stereocenters. The van der Waals surface area contributed by atoms with Crippen LogP contribution in [0.4, 0.5) is 0 Å². The molecule has 3 aromatic carbocycles. The standard InChI is InChI=1S/C27H25NO/c1-18-17-24(27(29)23-5-3-2-4-6-23)28-26-22-14-12-20-9-7-19(8-10-20)11-13-21(15-16-22)25(18)26/h2-10,15-17,27,29H,11-14H2,1H3/t27-/m1/s1. The fourth-order valence-electron chi connectivity index (χ4n) is 4.49. The molecule has 0 aliphatic heterocycles. The van der Waals surface area contributed by atoms with Gasteiger partial charge in [-0.2, -0.15) is 0 Å². The van der Waals surface area contributed by atoms with Crippen molar-refractivity contribution in [2.24, 2.45) is 0 Å². The predicted octanol–water partition coefficient (Wildman–Crippen LogP) is 5.51. The maximum absolute atomic E-state index is 11.0. The van der Waals surface area contributed by atoms with E-state index in [9.17, 15) is 5.11 Å². The van der Waals surface area contributed by atoms with Gasteiger partial charge in [0.25, 0.3) is 0 Å². The third kappa shape index (κ3) is 3.45. The summed E-state index contributed by atoms with van der Waals surface area (Å²) in [6.45, 7) is 2.15. The number of aromatic nitrogens is 1. The zero-order valence-electron chi connectivity index (χ0n) is 16.7. The van der Waals surface area contributed by atoms with Crippen molar-refractivity contribution in [3.8, 4) is 0 Å². The van der Waals surface area contributed by atoms with Crippen LogP contribution >= 0.6 is 0 Å². The van der Waals surface area contributed by atoms with E-state index in [4.69, 9.17) is 4.98 Å². The van der Waals surface area contributed by atoms with E-state index in [0.717, 1.165) is 42.5 Å². The molecule has 0 radical (unpaired) electrons. The molecule has 4 aliphatic carbocycles. The summed E-state index contributed by atoms with van der Waals surface area (Å²) >= 11 is 0. The molecule has 4 aromatic rings. The summed E-state index contributed by atoms with van der Waals surface area (Å²) in [5.41, 5.74) is 9.22. The zero-order valence-corrected chi connectivity index (χ0v) is 16.7. The smallest absolute Gasteiger partial charge is 0.121 e. The first-order valence-corrected chi connectivity index (χ1v) is 10.4. The molecule has 2 nitrogen and oxygen atoms in total. The monoisotopic (exact) mass is 379 g/mol. The van der Waals surface area contributed by atoms with Crippen LogP contribution in [0.3, 0.4) is 0 Å². The molecule has 0 spiro atoms. The molecule has 1 N–H and O–H groups in total. The van der Waals surface area contributed by atoms with E-state index in [2.05, 4.69) is 49.4 Å². The van der Waals surface area contributed by atoms with Crippen molar-refractivity contribution in [2.45, 2.75) is 38.7 Å². The van der Waals surface area contributed by atoms with Crippen molar-refractivity contribution in [3.63, 3.8) is 0 Å². The van der Waals surface area contributed by atoms with Gasteiger partial charge in [-0.3, -0.25) is 0 Å². The molecule has 1 aromatic heterocycles. The lowest BCUT2D eigenvalue weighted by atomic mass is 9.91. The molecule has 4 bridgehead atoms. The number of aryl methyl sites for hydroxylation is 5. The van der Waals surface area contributed by atoms with Crippen LogP contribution in [0.25, 0.3) is 10.9 Å². The topological polar surface area (TPSA) is 33.1 Å². The molecule has 1 atom stereocenters. The van der Waals surface area contributed by atoms with Crippen LogP contribution in [0.5, 0.6) is 0 Å². The van der Waals surface area contributed by atoms with Gasteiger partial charge in [-0.15, -0.1) is 0 Å². The summed E-state index contributed by atoms with van der Waals surface area (Å²) in [5.74, 6) is 0. The van der Waals surface area contributed by atoms with E-state index in [1.165, 1.54) is 33.2 Å². The normalized spacial score (nSPS) is 14.6. The highest BCUT2D eigenvalue weighted by Crippen LogP contribution is 2.31. The number of hydrogen-bond acceptors (Lipinski definition) is 2. The highest BCUT2D eigenvalue weighted by molar-refractivity contribution is 5.88. The largest absolute Gasteiger partial charge is 0.382 e. The SMILES string of the molecule is Cc1cc([C@H](O)c2ccccc2)nc2c3ccc(c12)CCc1ccc(cc1)CC3. The first-order chi connectivity index (χ1) is 14.2. The molecule has 1 heterocycles. The van der Waals surface area contributed by atoms with Crippen molar-refractivity contribution in [2.75, 3.05) is 0 Å². The van der Waals surface area contributed by atoms with E-state index in [0.29, 0.717) is 0 Å². The predicted molar refractivity (Wildman–Crippen MR) is 118 cm³/mol. The van der Waals surface area contributed by atoms with E-state index >= 15 is 0 Å². The molecule has 29 heavy (non-hydrogen) atoms. The Bertz CT molecular complexity index is 1160. The Morgan fingerprint density at radius 1 is 0.759 bits per heavy atom. The summed E-state index contributed by atoms with van der Waals surface area (Å²) in [5, 5.41) is 12.2. The Morgan fingerprint density at radius 2 is 1.38 bits per heavy atom. The lowest BCUT2D eigenvalue weighted by Crippen LogP contribution is -2.07. The summed E-state index contributed by atoms with van der Waals surface area (Å²) in [6.07, 6.45) is 3.28. The first-order valence-electron chi connectivity index (χ1n) is 10.4. The van der Waals surface area contributed by atoms with Gasteiger partial charge in [0.05, 0.1) is 11.2 Å². The van der Waals surface area contributed by atoms with Gasteiger partial charge in [-0.25, -0.2) is 4.98 Å². The van der Waals surface area contributed by atoms with Crippen LogP contribution in [-0.4, -0.2) is 10.1 Å². The van der Waals surface area contributed by atoms with Crippen molar-refractivity contribution in [1.82, 2.24) is 4.98 Å². The average Bonchev–Trinajstić information content (AvgIpc) is 2.75. The van der Waals surface area contributed by atoms with Crippen LogP contribution < -0.4 is 0 Å². The maximum Gasteiger partial charge on any atom is 0.121 e. The van der Waals surface area contributed by atoms with Crippen molar-refractivity contribution < 1.29 is 5.11 Å². The molecule has 0 fully saturated rings. The lowest BCUT2D eigenvalue weighted by molar-refractivity contribution is 0.215. The second kappa shape index (κ2) is 7.46. The van der Waals surface area contributed by atoms with Gasteiger partial charge >= 0.3 is 0 Å². The van der Waals surface area contributed by atoms with Gasteiger partial charge < -0.3 is 5.11 Å². The van der Waals surface area contributed by atoms with Gasteiger partial charge in [0.1, 0.15) is 6.10 Å². The third-order valence-corrected chi connectivity index (χ3v) is 6.13. The van der Waals surface area contributed by atoms with E-state index in [1.54, 1.807) is 0 Å². The summed E-state index contributed by atoms with van der Waals surface area (Å²) in [6, 6.07) is 25.4. The number of rotatable bonds is 2. The second-order valence-corrected chi connectivity index (χ2v) is 8.10. The van der Waals surface area contributed by atoms with Crippen LogP contribution in [0.2, 0.25) is 0 Å². The minimum absolute atomic E-state index is 0.707. The molecule has 144 valence electrons. The molecule has 0 saturated carbocycles. The van der Waals surface area contributed by atoms with Crippen molar-refractivity contribution >= 4 is 10.9 Å². The molecule has 0 amide bonds. The molecular weight excluding hydrogens is 354 g/mol. The fraction of sp³-hybridized carbons (Fsp3) is 0.222. The maximum atomic E-state index is 11.0. The van der Waals surface area contributed by atoms with E-state index in [1.807, 2.05) is 30.3 Å². The van der Waals surface area contributed by atoms with Gasteiger partial charge in [0, 0.05) is 5.39 Å². The summed E-state index contributed by atoms with van der Waals surface area (Å²) < 4.78 is 0. The van der Waals surface area contributed by atoms with Crippen LogP contribution in [-0.2, 0) is 25.7 Å². The number of aliphatic hydroxyl groups is 1.